The van der Waals surface area contributed by atoms with Gasteiger partial charge in [-0.3, -0.25) is 5.10 Å². The van der Waals surface area contributed by atoms with E-state index in [1.807, 2.05) is 0 Å². The fourth-order valence-corrected chi connectivity index (χ4v) is 4.79. The Morgan fingerprint density at radius 2 is 1.95 bits per heavy atom. The first kappa shape index (κ1) is 16.4. The maximum Gasteiger partial charge on any atom is 0.246 e. The molecule has 0 spiro atoms. The summed E-state index contributed by atoms with van der Waals surface area (Å²) < 4.78 is 51.9. The number of aromatic nitrogens is 2. The third-order valence-corrected chi connectivity index (χ3v) is 7.05. The van der Waals surface area contributed by atoms with Crippen molar-refractivity contribution in [3.63, 3.8) is 0 Å². The van der Waals surface area contributed by atoms with Crippen LogP contribution in [0.4, 0.5) is 0 Å². The van der Waals surface area contributed by atoms with E-state index in [0.717, 1.165) is 0 Å². The second-order valence-electron chi connectivity index (χ2n) is 5.06. The van der Waals surface area contributed by atoms with E-state index in [-0.39, 0.29) is 16.7 Å². The Kier molecular flexibility index (Phi) is 4.71. The summed E-state index contributed by atoms with van der Waals surface area (Å²) in [6.07, 6.45) is 2.24. The summed E-state index contributed by atoms with van der Waals surface area (Å²) >= 11 is 0. The normalized spacial score (nSPS) is 19.0. The average Bonchev–Trinajstić information content (AvgIpc) is 2.86. The maximum atomic E-state index is 12.4. The van der Waals surface area contributed by atoms with E-state index >= 15 is 0 Å². The molecule has 2 rings (SSSR count). The van der Waals surface area contributed by atoms with Crippen LogP contribution in [0.25, 0.3) is 0 Å². The molecule has 2 N–H and O–H groups in total. The van der Waals surface area contributed by atoms with Crippen LogP contribution in [-0.4, -0.2) is 56.2 Å². The van der Waals surface area contributed by atoms with Gasteiger partial charge < -0.3 is 0 Å². The number of H-pyrrole nitrogens is 1. The van der Waals surface area contributed by atoms with E-state index in [1.165, 1.54) is 10.5 Å². The van der Waals surface area contributed by atoms with E-state index < -0.39 is 20.0 Å². The van der Waals surface area contributed by atoms with Crippen molar-refractivity contribution in [2.45, 2.75) is 37.6 Å². The van der Waals surface area contributed by atoms with Gasteiger partial charge in [-0.15, -0.1) is 0 Å². The van der Waals surface area contributed by atoms with Crippen LogP contribution in [0, 0.1) is 6.92 Å². The van der Waals surface area contributed by atoms with Gasteiger partial charge in [0.05, 0.1) is 17.6 Å². The molecule has 10 heteroatoms. The molecule has 0 unspecified atom stereocenters. The molecule has 21 heavy (non-hydrogen) atoms. The topological polar surface area (TPSA) is 112 Å². The molecule has 0 atom stereocenters. The van der Waals surface area contributed by atoms with Gasteiger partial charge in [0.2, 0.25) is 20.0 Å². The minimum atomic E-state index is -3.56. The van der Waals surface area contributed by atoms with Crippen molar-refractivity contribution in [2.24, 2.45) is 0 Å². The third kappa shape index (κ3) is 3.62. The molecule has 2 heterocycles. The molecule has 1 aromatic heterocycles. The van der Waals surface area contributed by atoms with Gasteiger partial charge in [0.25, 0.3) is 0 Å². The van der Waals surface area contributed by atoms with Crippen LogP contribution in [0.1, 0.15) is 25.5 Å². The summed E-state index contributed by atoms with van der Waals surface area (Å²) in [4.78, 5) is 0.176. The van der Waals surface area contributed by atoms with E-state index in [4.69, 9.17) is 0 Å². The Bertz CT molecular complexity index is 688. The molecule has 1 aliphatic heterocycles. The molecule has 1 saturated heterocycles. The quantitative estimate of drug-likeness (QED) is 0.774. The molecule has 0 aromatic carbocycles. The number of nitrogens with zero attached hydrogens (tertiary/aromatic N) is 2. The first-order valence-corrected chi connectivity index (χ1v) is 9.85. The minimum Gasteiger partial charge on any atom is -0.281 e. The van der Waals surface area contributed by atoms with Crippen LogP contribution in [0.15, 0.2) is 11.1 Å². The fourth-order valence-electron chi connectivity index (χ4n) is 2.29. The SMILES string of the molecule is CCS(=O)(=O)NC1CCN(S(=O)(=O)c2cn[nH]c2C)CC1. The van der Waals surface area contributed by atoms with Crippen LogP contribution >= 0.6 is 0 Å². The highest BCUT2D eigenvalue weighted by Gasteiger charge is 2.32. The first-order valence-electron chi connectivity index (χ1n) is 6.76. The fraction of sp³-hybridized carbons (Fsp3) is 0.727. The highest BCUT2D eigenvalue weighted by Crippen LogP contribution is 2.22. The van der Waals surface area contributed by atoms with E-state index in [0.29, 0.717) is 31.6 Å². The zero-order valence-corrected chi connectivity index (χ0v) is 13.7. The summed E-state index contributed by atoms with van der Waals surface area (Å²) in [5.74, 6) is 0.0275. The van der Waals surface area contributed by atoms with Crippen LogP contribution in [0.2, 0.25) is 0 Å². The Labute approximate surface area is 125 Å². The lowest BCUT2D eigenvalue weighted by atomic mass is 10.1. The molecule has 0 amide bonds. The average molecular weight is 336 g/mol. The number of sulfonamides is 2. The standard InChI is InChI=1S/C11H20N4O4S2/c1-3-20(16,17)14-10-4-6-15(7-5-10)21(18,19)11-8-12-13-9(11)2/h8,10,14H,3-7H2,1-2H3,(H,12,13). The Morgan fingerprint density at radius 1 is 1.33 bits per heavy atom. The molecule has 0 aliphatic carbocycles. The van der Waals surface area contributed by atoms with Crippen molar-refractivity contribution >= 4 is 20.0 Å². The highest BCUT2D eigenvalue weighted by molar-refractivity contribution is 7.89. The Balaban J connectivity index is 2.03. The molecule has 1 aromatic rings. The van der Waals surface area contributed by atoms with Gasteiger partial charge in [-0.1, -0.05) is 0 Å². The van der Waals surface area contributed by atoms with E-state index in [9.17, 15) is 16.8 Å². The van der Waals surface area contributed by atoms with Gasteiger partial charge in [0.1, 0.15) is 4.90 Å². The van der Waals surface area contributed by atoms with Gasteiger partial charge >= 0.3 is 0 Å². The van der Waals surface area contributed by atoms with Crippen molar-refractivity contribution in [3.8, 4) is 0 Å². The van der Waals surface area contributed by atoms with Crippen LogP contribution in [0.5, 0.6) is 0 Å². The molecule has 1 fully saturated rings. The predicted octanol–water partition coefficient (Wildman–Crippen LogP) is -0.189. The monoisotopic (exact) mass is 336 g/mol. The zero-order valence-electron chi connectivity index (χ0n) is 12.0. The van der Waals surface area contributed by atoms with Crippen molar-refractivity contribution in [3.05, 3.63) is 11.9 Å². The van der Waals surface area contributed by atoms with Crippen molar-refractivity contribution < 1.29 is 16.8 Å². The smallest absolute Gasteiger partial charge is 0.246 e. The molecule has 0 saturated carbocycles. The molecular formula is C11H20N4O4S2. The van der Waals surface area contributed by atoms with Crippen LogP contribution < -0.4 is 4.72 Å². The van der Waals surface area contributed by atoms with Gasteiger partial charge in [-0.05, 0) is 26.7 Å². The minimum absolute atomic E-state index is 0.0275. The van der Waals surface area contributed by atoms with Gasteiger partial charge in [-0.2, -0.15) is 9.40 Å². The van der Waals surface area contributed by atoms with Gasteiger partial charge in [0, 0.05) is 19.1 Å². The highest BCUT2D eigenvalue weighted by atomic mass is 32.2. The number of aryl methyl sites for hydroxylation is 1. The summed E-state index contributed by atoms with van der Waals surface area (Å²) in [7, 11) is -6.81. The summed E-state index contributed by atoms with van der Waals surface area (Å²) in [6.45, 7) is 3.82. The lowest BCUT2D eigenvalue weighted by Crippen LogP contribution is -2.46. The Morgan fingerprint density at radius 3 is 2.43 bits per heavy atom. The zero-order chi connectivity index (χ0) is 15.7. The summed E-state index contributed by atoms with van der Waals surface area (Å²) in [6, 6.07) is -0.202. The number of hydrogen-bond donors (Lipinski definition) is 2. The van der Waals surface area contributed by atoms with Gasteiger partial charge in [-0.25, -0.2) is 21.6 Å². The van der Waals surface area contributed by atoms with Gasteiger partial charge in [0.15, 0.2) is 0 Å². The maximum absolute atomic E-state index is 12.4. The van der Waals surface area contributed by atoms with Crippen molar-refractivity contribution in [1.82, 2.24) is 19.2 Å². The number of piperidine rings is 1. The largest absolute Gasteiger partial charge is 0.281 e. The first-order chi connectivity index (χ1) is 9.76. The van der Waals surface area contributed by atoms with E-state index in [2.05, 4.69) is 14.9 Å². The van der Waals surface area contributed by atoms with Crippen molar-refractivity contribution in [2.75, 3.05) is 18.8 Å². The molecule has 1 aliphatic rings. The second-order valence-corrected chi connectivity index (χ2v) is 9.01. The molecule has 120 valence electrons. The number of rotatable bonds is 5. The molecule has 8 nitrogen and oxygen atoms in total. The summed E-state index contributed by atoms with van der Waals surface area (Å²) in [5.41, 5.74) is 0.504. The Hall–Kier alpha value is -0.970. The molecule has 0 radical (unpaired) electrons. The molecular weight excluding hydrogens is 316 g/mol. The molecule has 0 bridgehead atoms. The van der Waals surface area contributed by atoms with E-state index in [1.54, 1.807) is 13.8 Å². The number of hydrogen-bond acceptors (Lipinski definition) is 5. The summed E-state index contributed by atoms with van der Waals surface area (Å²) in [5, 5.41) is 6.35. The second kappa shape index (κ2) is 6.03. The van der Waals surface area contributed by atoms with Crippen LogP contribution in [0.3, 0.4) is 0 Å². The lowest BCUT2D eigenvalue weighted by molar-refractivity contribution is 0.308. The number of aromatic amines is 1. The lowest BCUT2D eigenvalue weighted by Gasteiger charge is -2.31. The van der Waals surface area contributed by atoms with Crippen LogP contribution in [-0.2, 0) is 20.0 Å². The van der Waals surface area contributed by atoms with Crippen molar-refractivity contribution in [1.29, 1.82) is 0 Å². The predicted molar refractivity (Wildman–Crippen MR) is 77.7 cm³/mol. The third-order valence-electron chi connectivity index (χ3n) is 3.58. The number of nitrogens with one attached hydrogen (secondary N) is 2.